The molecule has 0 radical (unpaired) electrons. The summed E-state index contributed by atoms with van der Waals surface area (Å²) in [6.07, 6.45) is 3.26. The lowest BCUT2D eigenvalue weighted by Crippen LogP contribution is -2.58. The summed E-state index contributed by atoms with van der Waals surface area (Å²) >= 11 is 0. The van der Waals surface area contributed by atoms with E-state index >= 15 is 0 Å². The maximum absolute atomic E-state index is 4.63. The van der Waals surface area contributed by atoms with Crippen LogP contribution in [0.2, 0.25) is 0 Å². The highest BCUT2D eigenvalue weighted by Crippen LogP contribution is 2.17. The van der Waals surface area contributed by atoms with Crippen LogP contribution in [0.1, 0.15) is 45.9 Å². The average Bonchev–Trinajstić information content (AvgIpc) is 2.78. The largest absolute Gasteiger partial charge is 0.309 e. The number of rotatable bonds is 4. The Morgan fingerprint density at radius 1 is 1.50 bits per heavy atom. The lowest BCUT2D eigenvalue weighted by Gasteiger charge is -2.40. The normalized spacial score (nSPS) is 25.8. The Balaban J connectivity index is 1.96. The Morgan fingerprint density at radius 3 is 2.89 bits per heavy atom. The van der Waals surface area contributed by atoms with Crippen molar-refractivity contribution in [3.05, 3.63) is 18.0 Å². The first kappa shape index (κ1) is 13.6. The third kappa shape index (κ3) is 3.12. The van der Waals surface area contributed by atoms with Crippen LogP contribution < -0.4 is 5.32 Å². The molecular weight excluding hydrogens is 224 g/mol. The van der Waals surface area contributed by atoms with E-state index in [1.165, 1.54) is 12.1 Å². The number of nitrogens with one attached hydrogen (secondary N) is 1. The van der Waals surface area contributed by atoms with Gasteiger partial charge in [-0.1, -0.05) is 6.92 Å². The quantitative estimate of drug-likeness (QED) is 0.887. The molecule has 2 rings (SSSR count). The summed E-state index contributed by atoms with van der Waals surface area (Å²) in [6.45, 7) is 13.2. The van der Waals surface area contributed by atoms with Crippen LogP contribution in [0.4, 0.5) is 0 Å². The van der Waals surface area contributed by atoms with Gasteiger partial charge in [-0.3, -0.25) is 9.58 Å². The van der Waals surface area contributed by atoms with Gasteiger partial charge in [0.25, 0.3) is 0 Å². The first-order chi connectivity index (χ1) is 8.52. The molecule has 1 unspecified atom stereocenters. The summed E-state index contributed by atoms with van der Waals surface area (Å²) < 4.78 is 2.04. The van der Waals surface area contributed by atoms with Crippen LogP contribution in [0, 0.1) is 0 Å². The fraction of sp³-hybridized carbons (Fsp3) is 0.786. The SMILES string of the molecule is CCC1(C)CN(Cc2ccn(C(C)C)n2)CCN1. The minimum Gasteiger partial charge on any atom is -0.309 e. The van der Waals surface area contributed by atoms with E-state index in [0.29, 0.717) is 6.04 Å². The summed E-state index contributed by atoms with van der Waals surface area (Å²) in [4.78, 5) is 2.51. The van der Waals surface area contributed by atoms with Gasteiger partial charge in [-0.05, 0) is 33.3 Å². The maximum atomic E-state index is 4.63. The van der Waals surface area contributed by atoms with Crippen molar-refractivity contribution >= 4 is 0 Å². The summed E-state index contributed by atoms with van der Waals surface area (Å²) in [7, 11) is 0. The van der Waals surface area contributed by atoms with E-state index in [2.05, 4.69) is 55.3 Å². The number of piperazine rings is 1. The highest BCUT2D eigenvalue weighted by molar-refractivity contribution is 5.01. The van der Waals surface area contributed by atoms with E-state index in [-0.39, 0.29) is 5.54 Å². The minimum absolute atomic E-state index is 0.263. The third-order valence-corrected chi connectivity index (χ3v) is 3.91. The molecule has 0 saturated carbocycles. The van der Waals surface area contributed by atoms with Crippen molar-refractivity contribution in [1.82, 2.24) is 20.0 Å². The summed E-state index contributed by atoms with van der Waals surface area (Å²) in [6, 6.07) is 2.59. The van der Waals surface area contributed by atoms with E-state index in [9.17, 15) is 0 Å². The van der Waals surface area contributed by atoms with Crippen LogP contribution in [0.15, 0.2) is 12.3 Å². The van der Waals surface area contributed by atoms with Gasteiger partial charge < -0.3 is 5.32 Å². The number of aromatic nitrogens is 2. The van der Waals surface area contributed by atoms with Crippen LogP contribution in [-0.2, 0) is 6.54 Å². The molecular formula is C14H26N4. The number of nitrogens with zero attached hydrogens (tertiary/aromatic N) is 3. The van der Waals surface area contributed by atoms with Gasteiger partial charge in [0.05, 0.1) is 5.69 Å². The molecule has 1 saturated heterocycles. The van der Waals surface area contributed by atoms with Gasteiger partial charge in [-0.2, -0.15) is 5.10 Å². The van der Waals surface area contributed by atoms with Crippen molar-refractivity contribution in [2.24, 2.45) is 0 Å². The van der Waals surface area contributed by atoms with Gasteiger partial charge in [0, 0.05) is 44.0 Å². The monoisotopic (exact) mass is 250 g/mol. The predicted octanol–water partition coefficient (Wildman–Crippen LogP) is 2.04. The molecule has 1 aromatic rings. The molecule has 102 valence electrons. The van der Waals surface area contributed by atoms with Crippen molar-refractivity contribution < 1.29 is 0 Å². The van der Waals surface area contributed by atoms with Crippen molar-refractivity contribution in [1.29, 1.82) is 0 Å². The Hall–Kier alpha value is -0.870. The van der Waals surface area contributed by atoms with E-state index in [4.69, 9.17) is 0 Å². The first-order valence-corrected chi connectivity index (χ1v) is 7.04. The van der Waals surface area contributed by atoms with Crippen LogP contribution in [0.3, 0.4) is 0 Å². The minimum atomic E-state index is 0.263. The fourth-order valence-corrected chi connectivity index (χ4v) is 2.49. The Labute approximate surface area is 110 Å². The van der Waals surface area contributed by atoms with Gasteiger partial charge in [0.2, 0.25) is 0 Å². The highest BCUT2D eigenvalue weighted by Gasteiger charge is 2.28. The van der Waals surface area contributed by atoms with E-state index in [0.717, 1.165) is 26.2 Å². The predicted molar refractivity (Wildman–Crippen MR) is 74.6 cm³/mol. The molecule has 1 aliphatic rings. The lowest BCUT2D eigenvalue weighted by atomic mass is 9.96. The molecule has 0 bridgehead atoms. The average molecular weight is 250 g/mol. The molecule has 1 aromatic heterocycles. The molecule has 1 N–H and O–H groups in total. The number of hydrogen-bond donors (Lipinski definition) is 1. The zero-order chi connectivity index (χ0) is 13.2. The Kier molecular flexibility index (Phi) is 4.07. The molecule has 1 aliphatic heterocycles. The van der Waals surface area contributed by atoms with Gasteiger partial charge in [0.1, 0.15) is 0 Å². The van der Waals surface area contributed by atoms with Gasteiger partial charge in [-0.25, -0.2) is 0 Å². The Bertz CT molecular complexity index is 385. The van der Waals surface area contributed by atoms with E-state index in [1.807, 2.05) is 4.68 Å². The molecule has 0 aliphatic carbocycles. The maximum Gasteiger partial charge on any atom is 0.0764 e. The second kappa shape index (κ2) is 5.41. The second-order valence-electron chi connectivity index (χ2n) is 5.93. The molecule has 0 amide bonds. The first-order valence-electron chi connectivity index (χ1n) is 7.04. The van der Waals surface area contributed by atoms with Gasteiger partial charge in [-0.15, -0.1) is 0 Å². The van der Waals surface area contributed by atoms with E-state index < -0.39 is 0 Å². The standard InChI is InChI=1S/C14H26N4/c1-5-14(4)11-17(9-7-15-14)10-13-6-8-18(16-13)12(2)3/h6,8,12,15H,5,7,9-11H2,1-4H3. The second-order valence-corrected chi connectivity index (χ2v) is 5.93. The molecule has 0 aromatic carbocycles. The zero-order valence-electron chi connectivity index (χ0n) is 12.1. The van der Waals surface area contributed by atoms with Crippen molar-refractivity contribution in [2.75, 3.05) is 19.6 Å². The molecule has 18 heavy (non-hydrogen) atoms. The van der Waals surface area contributed by atoms with Crippen LogP contribution in [0.5, 0.6) is 0 Å². The lowest BCUT2D eigenvalue weighted by molar-refractivity contribution is 0.132. The molecule has 0 spiro atoms. The molecule has 2 heterocycles. The summed E-state index contributed by atoms with van der Waals surface area (Å²) in [5.74, 6) is 0. The van der Waals surface area contributed by atoms with E-state index in [1.54, 1.807) is 0 Å². The third-order valence-electron chi connectivity index (χ3n) is 3.91. The van der Waals surface area contributed by atoms with Gasteiger partial charge in [0.15, 0.2) is 0 Å². The molecule has 4 nitrogen and oxygen atoms in total. The number of hydrogen-bond acceptors (Lipinski definition) is 3. The zero-order valence-corrected chi connectivity index (χ0v) is 12.1. The topological polar surface area (TPSA) is 33.1 Å². The molecule has 4 heteroatoms. The summed E-state index contributed by atoms with van der Waals surface area (Å²) in [5, 5.41) is 8.25. The van der Waals surface area contributed by atoms with Crippen LogP contribution >= 0.6 is 0 Å². The van der Waals surface area contributed by atoms with Crippen LogP contribution in [0.25, 0.3) is 0 Å². The van der Waals surface area contributed by atoms with Crippen molar-refractivity contribution in [3.63, 3.8) is 0 Å². The fourth-order valence-electron chi connectivity index (χ4n) is 2.49. The van der Waals surface area contributed by atoms with Crippen molar-refractivity contribution in [3.8, 4) is 0 Å². The molecule has 1 atom stereocenters. The summed E-state index contributed by atoms with van der Waals surface area (Å²) in [5.41, 5.74) is 1.45. The molecule has 1 fully saturated rings. The van der Waals surface area contributed by atoms with Crippen LogP contribution in [-0.4, -0.2) is 39.9 Å². The Morgan fingerprint density at radius 2 is 2.28 bits per heavy atom. The van der Waals surface area contributed by atoms with Crippen molar-refractivity contribution in [2.45, 2.75) is 52.2 Å². The smallest absolute Gasteiger partial charge is 0.0764 e. The van der Waals surface area contributed by atoms with Gasteiger partial charge >= 0.3 is 0 Å². The highest BCUT2D eigenvalue weighted by atomic mass is 15.3.